The highest BCUT2D eigenvalue weighted by atomic mass is 31.3. The summed E-state index contributed by atoms with van der Waals surface area (Å²) in [7, 11) is -11.0. The van der Waals surface area contributed by atoms with Gasteiger partial charge in [0.05, 0.1) is 12.7 Å². The SMILES string of the molecule is [B]COC(COP(=O)(O)OP(=O)(O)OP(=O)(O)O)C(C)OC1CCCCO1. The zero-order valence-electron chi connectivity index (χ0n) is 14.4. The summed E-state index contributed by atoms with van der Waals surface area (Å²) in [4.78, 5) is 35.5. The van der Waals surface area contributed by atoms with Crippen molar-refractivity contribution in [2.45, 2.75) is 44.7 Å². The summed E-state index contributed by atoms with van der Waals surface area (Å²) in [5, 5.41) is 0. The van der Waals surface area contributed by atoms with Crippen molar-refractivity contribution in [3.05, 3.63) is 0 Å². The van der Waals surface area contributed by atoms with Crippen LogP contribution < -0.4 is 0 Å². The average Bonchev–Trinajstić information content (AvgIpc) is 2.48. The minimum Gasteiger partial charge on any atom is -0.383 e. The fourth-order valence-electron chi connectivity index (χ4n) is 2.06. The van der Waals surface area contributed by atoms with E-state index in [0.717, 1.165) is 12.8 Å². The standard InChI is InChI=1S/C10H22BO13P3/c1-8(22-10-4-2-3-5-19-10)9(20-7-11)6-21-26(15,16)24-27(17,18)23-25(12,13)14/h8-10H,2-7H2,1H3,(H,15,16)(H,17,18)(H2,12,13,14). The van der Waals surface area contributed by atoms with Gasteiger partial charge in [0.15, 0.2) is 6.29 Å². The predicted octanol–water partition coefficient (Wildman–Crippen LogP) is 0.773. The lowest BCUT2D eigenvalue weighted by molar-refractivity contribution is -0.208. The molecule has 1 aliphatic rings. The van der Waals surface area contributed by atoms with E-state index in [0.29, 0.717) is 13.0 Å². The second-order valence-electron chi connectivity index (χ2n) is 5.40. The van der Waals surface area contributed by atoms with Gasteiger partial charge in [-0.1, -0.05) is 0 Å². The van der Waals surface area contributed by atoms with Crippen molar-refractivity contribution in [1.82, 2.24) is 0 Å². The van der Waals surface area contributed by atoms with Crippen LogP contribution in [0.4, 0.5) is 0 Å². The predicted molar refractivity (Wildman–Crippen MR) is 89.4 cm³/mol. The number of hydrogen-bond donors (Lipinski definition) is 4. The maximum Gasteiger partial charge on any atom is 0.490 e. The molecule has 0 spiro atoms. The molecule has 158 valence electrons. The van der Waals surface area contributed by atoms with Crippen LogP contribution in [0, 0.1) is 0 Å². The molecule has 0 aliphatic carbocycles. The Morgan fingerprint density at radius 2 is 1.78 bits per heavy atom. The van der Waals surface area contributed by atoms with Crippen molar-refractivity contribution < 1.29 is 60.6 Å². The molecule has 1 rings (SSSR count). The van der Waals surface area contributed by atoms with Gasteiger partial charge in [-0.3, -0.25) is 4.52 Å². The summed E-state index contributed by atoms with van der Waals surface area (Å²) < 4.78 is 61.5. The van der Waals surface area contributed by atoms with E-state index in [2.05, 4.69) is 13.1 Å². The molecule has 17 heteroatoms. The Bertz CT molecular complexity index is 591. The van der Waals surface area contributed by atoms with Gasteiger partial charge in [0.1, 0.15) is 14.0 Å². The van der Waals surface area contributed by atoms with Crippen molar-refractivity contribution in [3.63, 3.8) is 0 Å². The van der Waals surface area contributed by atoms with Crippen molar-refractivity contribution >= 4 is 31.3 Å². The van der Waals surface area contributed by atoms with Gasteiger partial charge >= 0.3 is 23.5 Å². The zero-order chi connectivity index (χ0) is 20.7. The lowest BCUT2D eigenvalue weighted by Crippen LogP contribution is -2.38. The fraction of sp³-hybridized carbons (Fsp3) is 1.00. The van der Waals surface area contributed by atoms with Gasteiger partial charge in [-0.2, -0.15) is 8.62 Å². The van der Waals surface area contributed by atoms with Crippen LogP contribution in [0.1, 0.15) is 26.2 Å². The molecule has 5 unspecified atom stereocenters. The van der Waals surface area contributed by atoms with E-state index in [1.54, 1.807) is 6.92 Å². The van der Waals surface area contributed by atoms with Gasteiger partial charge < -0.3 is 33.8 Å². The lowest BCUT2D eigenvalue weighted by atomic mass is 10.1. The van der Waals surface area contributed by atoms with Gasteiger partial charge in [-0.15, -0.1) is 0 Å². The Labute approximate surface area is 157 Å². The van der Waals surface area contributed by atoms with E-state index < -0.39 is 48.6 Å². The van der Waals surface area contributed by atoms with E-state index >= 15 is 0 Å². The van der Waals surface area contributed by atoms with Crippen LogP contribution in [0.25, 0.3) is 0 Å². The first-order valence-corrected chi connectivity index (χ1v) is 12.2. The second kappa shape index (κ2) is 10.9. The molecule has 0 bridgehead atoms. The van der Waals surface area contributed by atoms with Gasteiger partial charge in [0.25, 0.3) is 0 Å². The summed E-state index contributed by atoms with van der Waals surface area (Å²) in [5.41, 5.74) is 0. The topological polar surface area (TPSA) is 188 Å². The third-order valence-electron chi connectivity index (χ3n) is 3.16. The minimum atomic E-state index is -5.58. The maximum atomic E-state index is 11.7. The molecule has 0 aromatic rings. The Morgan fingerprint density at radius 3 is 2.30 bits per heavy atom. The Balaban J connectivity index is 2.61. The molecule has 27 heavy (non-hydrogen) atoms. The molecule has 1 fully saturated rings. The fourth-order valence-corrected chi connectivity index (χ4v) is 5.09. The molecule has 1 saturated heterocycles. The summed E-state index contributed by atoms with van der Waals surface area (Å²) in [6.45, 7) is 1.15. The molecule has 0 aromatic carbocycles. The monoisotopic (exact) mass is 454 g/mol. The third kappa shape index (κ3) is 11.2. The quantitative estimate of drug-likeness (QED) is 0.239. The number of ether oxygens (including phenoxy) is 3. The average molecular weight is 454 g/mol. The first kappa shape index (κ1) is 25.4. The zero-order valence-corrected chi connectivity index (χ0v) is 17.0. The van der Waals surface area contributed by atoms with Crippen LogP contribution >= 0.6 is 23.5 Å². The Morgan fingerprint density at radius 1 is 1.11 bits per heavy atom. The number of rotatable bonds is 12. The van der Waals surface area contributed by atoms with Gasteiger partial charge in [-0.25, -0.2) is 13.7 Å². The van der Waals surface area contributed by atoms with E-state index in [4.69, 9.17) is 36.7 Å². The summed E-state index contributed by atoms with van der Waals surface area (Å²) in [6.07, 6.45) is 0.276. The highest BCUT2D eigenvalue weighted by Crippen LogP contribution is 2.66. The lowest BCUT2D eigenvalue weighted by Gasteiger charge is -2.30. The van der Waals surface area contributed by atoms with Crippen molar-refractivity contribution in [3.8, 4) is 0 Å². The summed E-state index contributed by atoms with van der Waals surface area (Å²) in [5.74, 6) is 0. The highest BCUT2D eigenvalue weighted by Gasteiger charge is 2.41. The molecule has 5 atom stereocenters. The molecule has 0 aromatic heterocycles. The van der Waals surface area contributed by atoms with E-state index in [9.17, 15) is 18.6 Å². The smallest absolute Gasteiger partial charge is 0.383 e. The molecular weight excluding hydrogens is 432 g/mol. The first-order chi connectivity index (χ1) is 12.3. The molecule has 13 nitrogen and oxygen atoms in total. The van der Waals surface area contributed by atoms with Crippen molar-refractivity contribution in [1.29, 1.82) is 0 Å². The van der Waals surface area contributed by atoms with Crippen LogP contribution in [0.2, 0.25) is 0 Å². The molecule has 4 N–H and O–H groups in total. The highest BCUT2D eigenvalue weighted by molar-refractivity contribution is 7.66. The number of phosphoric acid groups is 3. The Hall–Kier alpha value is 0.355. The van der Waals surface area contributed by atoms with Crippen LogP contribution in [0.5, 0.6) is 0 Å². The largest absolute Gasteiger partial charge is 0.490 e. The second-order valence-corrected chi connectivity index (χ2v) is 9.82. The van der Waals surface area contributed by atoms with E-state index in [1.165, 1.54) is 0 Å². The minimum absolute atomic E-state index is 0.288. The van der Waals surface area contributed by atoms with Crippen LogP contribution in [0.3, 0.4) is 0 Å². The number of phosphoric ester groups is 1. The van der Waals surface area contributed by atoms with E-state index in [1.807, 2.05) is 0 Å². The summed E-state index contributed by atoms with van der Waals surface area (Å²) >= 11 is 0. The molecule has 2 radical (unpaired) electrons. The van der Waals surface area contributed by atoms with Crippen molar-refractivity contribution in [2.24, 2.45) is 0 Å². The first-order valence-electron chi connectivity index (χ1n) is 7.70. The van der Waals surface area contributed by atoms with Crippen molar-refractivity contribution in [2.75, 3.05) is 19.7 Å². The van der Waals surface area contributed by atoms with Crippen LogP contribution in [-0.2, 0) is 41.1 Å². The molecule has 1 heterocycles. The molecule has 0 amide bonds. The molecule has 1 aliphatic heterocycles. The van der Waals surface area contributed by atoms with Gasteiger partial charge in [-0.05, 0) is 26.2 Å². The molecule has 0 saturated carbocycles. The normalized spacial score (nSPS) is 25.3. The molecular formula is C10H22BO13P3. The third-order valence-corrected chi connectivity index (χ3v) is 6.96. The number of hydrogen-bond acceptors (Lipinski definition) is 9. The Kier molecular flexibility index (Phi) is 10.3. The van der Waals surface area contributed by atoms with Gasteiger partial charge in [0, 0.05) is 13.1 Å². The van der Waals surface area contributed by atoms with Gasteiger partial charge in [0.2, 0.25) is 0 Å². The van der Waals surface area contributed by atoms with Crippen LogP contribution in [-0.4, -0.2) is 65.6 Å². The maximum absolute atomic E-state index is 11.7. The van der Waals surface area contributed by atoms with E-state index in [-0.39, 0.29) is 6.51 Å². The van der Waals surface area contributed by atoms with Crippen LogP contribution in [0.15, 0.2) is 0 Å². The summed E-state index contributed by atoms with van der Waals surface area (Å²) in [6, 6.07) is 0.